The van der Waals surface area contributed by atoms with E-state index in [2.05, 4.69) is 15.5 Å². The van der Waals surface area contributed by atoms with E-state index in [0.717, 1.165) is 19.5 Å². The van der Waals surface area contributed by atoms with Crippen molar-refractivity contribution in [1.82, 2.24) is 19.8 Å². The molecule has 1 aromatic rings. The molecular weight excluding hydrogens is 228 g/mol. The van der Waals surface area contributed by atoms with Gasteiger partial charge in [0.2, 0.25) is 0 Å². The van der Waals surface area contributed by atoms with Gasteiger partial charge in [-0.2, -0.15) is 9.40 Å². The minimum absolute atomic E-state index is 0.119. The fourth-order valence-electron chi connectivity index (χ4n) is 2.62. The molecule has 0 aromatic carbocycles. The number of rotatable bonds is 2. The van der Waals surface area contributed by atoms with Crippen LogP contribution in [0.2, 0.25) is 0 Å². The van der Waals surface area contributed by atoms with Gasteiger partial charge in [-0.05, 0) is 24.9 Å². The van der Waals surface area contributed by atoms with Gasteiger partial charge in [-0.25, -0.2) is 8.42 Å². The zero-order chi connectivity index (χ0) is 11.2. The van der Waals surface area contributed by atoms with Gasteiger partial charge in [0.25, 0.3) is 10.0 Å². The summed E-state index contributed by atoms with van der Waals surface area (Å²) in [6.45, 7) is 2.32. The van der Waals surface area contributed by atoms with Crippen molar-refractivity contribution in [2.75, 3.05) is 19.6 Å². The van der Waals surface area contributed by atoms with E-state index in [1.54, 1.807) is 4.31 Å². The first-order chi connectivity index (χ1) is 7.69. The molecule has 7 heteroatoms. The highest BCUT2D eigenvalue weighted by atomic mass is 32.2. The second kappa shape index (κ2) is 3.54. The highest BCUT2D eigenvalue weighted by molar-refractivity contribution is 7.89. The molecule has 0 amide bonds. The smallest absolute Gasteiger partial charge is 0.260 e. The van der Waals surface area contributed by atoms with Crippen LogP contribution in [0.15, 0.2) is 17.3 Å². The molecule has 2 aliphatic rings. The number of sulfonamides is 1. The van der Waals surface area contributed by atoms with Gasteiger partial charge in [0.15, 0.2) is 5.03 Å². The van der Waals surface area contributed by atoms with Gasteiger partial charge in [0.1, 0.15) is 0 Å². The first-order valence-electron chi connectivity index (χ1n) is 5.41. The van der Waals surface area contributed by atoms with E-state index < -0.39 is 10.0 Å². The Bertz CT molecular complexity index is 470. The molecule has 0 radical (unpaired) electrons. The second-order valence-corrected chi connectivity index (χ2v) is 6.17. The van der Waals surface area contributed by atoms with E-state index in [9.17, 15) is 8.42 Å². The van der Waals surface area contributed by atoms with Gasteiger partial charge in [-0.1, -0.05) is 0 Å². The van der Waals surface area contributed by atoms with Crippen LogP contribution in [-0.4, -0.2) is 48.6 Å². The van der Waals surface area contributed by atoms with Crippen LogP contribution in [0, 0.1) is 5.92 Å². The number of nitrogens with one attached hydrogen (secondary N) is 2. The van der Waals surface area contributed by atoms with Gasteiger partial charge in [-0.3, -0.25) is 5.10 Å². The lowest BCUT2D eigenvalue weighted by Gasteiger charge is -2.21. The maximum atomic E-state index is 12.3. The molecule has 2 fully saturated rings. The van der Waals surface area contributed by atoms with Gasteiger partial charge in [0, 0.05) is 19.1 Å². The molecule has 0 spiro atoms. The van der Waals surface area contributed by atoms with Gasteiger partial charge < -0.3 is 5.32 Å². The van der Waals surface area contributed by atoms with Crippen molar-refractivity contribution < 1.29 is 8.42 Å². The van der Waals surface area contributed by atoms with Crippen LogP contribution in [0.4, 0.5) is 0 Å². The second-order valence-electron chi connectivity index (χ2n) is 4.31. The highest BCUT2D eigenvalue weighted by Gasteiger charge is 2.44. The van der Waals surface area contributed by atoms with Crippen LogP contribution in [0.25, 0.3) is 0 Å². The number of H-pyrrole nitrogens is 1. The third-order valence-electron chi connectivity index (χ3n) is 3.46. The molecule has 2 atom stereocenters. The predicted octanol–water partition coefficient (Wildman–Crippen LogP) is -0.608. The number of aromatic amines is 1. The van der Waals surface area contributed by atoms with Crippen molar-refractivity contribution in [3.63, 3.8) is 0 Å². The van der Waals surface area contributed by atoms with Crippen LogP contribution in [0.1, 0.15) is 6.42 Å². The summed E-state index contributed by atoms with van der Waals surface area (Å²) in [6, 6.07) is 1.62. The molecule has 0 unspecified atom stereocenters. The first kappa shape index (κ1) is 10.2. The van der Waals surface area contributed by atoms with E-state index in [0.29, 0.717) is 12.5 Å². The summed E-state index contributed by atoms with van der Waals surface area (Å²) in [6.07, 6.45) is 2.42. The average molecular weight is 242 g/mol. The van der Waals surface area contributed by atoms with E-state index in [1.807, 2.05) is 0 Å². The molecule has 2 aliphatic heterocycles. The zero-order valence-corrected chi connectivity index (χ0v) is 9.57. The molecule has 3 heterocycles. The summed E-state index contributed by atoms with van der Waals surface area (Å²) in [7, 11) is -3.37. The minimum atomic E-state index is -3.37. The summed E-state index contributed by atoms with van der Waals surface area (Å²) in [5.74, 6) is 0.470. The van der Waals surface area contributed by atoms with Crippen molar-refractivity contribution in [2.24, 2.45) is 5.92 Å². The van der Waals surface area contributed by atoms with Gasteiger partial charge in [-0.15, -0.1) is 0 Å². The predicted molar refractivity (Wildman–Crippen MR) is 57.2 cm³/mol. The number of aromatic nitrogens is 2. The maximum Gasteiger partial charge on any atom is 0.260 e. The summed E-state index contributed by atoms with van der Waals surface area (Å²) in [4.78, 5) is 0. The lowest BCUT2D eigenvalue weighted by Crippen LogP contribution is -2.39. The van der Waals surface area contributed by atoms with Crippen LogP contribution in [0.5, 0.6) is 0 Å². The fraction of sp³-hybridized carbons (Fsp3) is 0.667. The molecule has 16 heavy (non-hydrogen) atoms. The zero-order valence-electron chi connectivity index (χ0n) is 8.76. The summed E-state index contributed by atoms with van der Waals surface area (Å²) >= 11 is 0. The van der Waals surface area contributed by atoms with Crippen molar-refractivity contribution in [3.8, 4) is 0 Å². The lowest BCUT2D eigenvalue weighted by atomic mass is 10.1. The topological polar surface area (TPSA) is 78.1 Å². The van der Waals surface area contributed by atoms with Crippen LogP contribution >= 0.6 is 0 Å². The van der Waals surface area contributed by atoms with Crippen molar-refractivity contribution >= 4 is 10.0 Å². The number of fused-ring (bicyclic) bond motifs is 1. The Morgan fingerprint density at radius 3 is 3.06 bits per heavy atom. The normalized spacial score (nSPS) is 30.8. The molecule has 3 rings (SSSR count). The van der Waals surface area contributed by atoms with Crippen molar-refractivity contribution in [1.29, 1.82) is 0 Å². The maximum absolute atomic E-state index is 12.3. The van der Waals surface area contributed by atoms with Gasteiger partial charge in [0.05, 0.1) is 6.20 Å². The fourth-order valence-corrected chi connectivity index (χ4v) is 4.22. The Balaban J connectivity index is 1.93. The molecule has 6 nitrogen and oxygen atoms in total. The summed E-state index contributed by atoms with van der Waals surface area (Å²) < 4.78 is 26.1. The molecule has 0 saturated carbocycles. The monoisotopic (exact) mass is 242 g/mol. The first-order valence-corrected chi connectivity index (χ1v) is 6.85. The molecule has 0 bridgehead atoms. The lowest BCUT2D eigenvalue weighted by molar-refractivity contribution is 0.381. The van der Waals surface area contributed by atoms with Crippen LogP contribution in [-0.2, 0) is 10.0 Å². The van der Waals surface area contributed by atoms with E-state index in [1.165, 1.54) is 12.3 Å². The Morgan fingerprint density at radius 1 is 1.44 bits per heavy atom. The van der Waals surface area contributed by atoms with E-state index in [4.69, 9.17) is 0 Å². The Labute approximate surface area is 94.1 Å². The third kappa shape index (κ3) is 1.39. The molecule has 88 valence electrons. The van der Waals surface area contributed by atoms with E-state index >= 15 is 0 Å². The van der Waals surface area contributed by atoms with Crippen LogP contribution in [0.3, 0.4) is 0 Å². The standard InChI is InChI=1S/C9H14N4O2S/c14-16(15,9-1-3-11-12-9)13-4-2-7-5-10-6-8(7)13/h1,3,7-8,10H,2,4-6H2,(H,11,12)/t7-,8+/m0/s1. The SMILES string of the molecule is O=S(=O)(c1ccn[nH]1)N1CC[C@H]2CNC[C@H]21. The molecule has 0 aliphatic carbocycles. The molecular formula is C9H14N4O2S. The molecule has 2 N–H and O–H groups in total. The Hall–Kier alpha value is -0.920. The van der Waals surface area contributed by atoms with Crippen LogP contribution < -0.4 is 5.32 Å². The highest BCUT2D eigenvalue weighted by Crippen LogP contribution is 2.31. The average Bonchev–Trinajstić information content (AvgIpc) is 2.95. The van der Waals surface area contributed by atoms with Crippen molar-refractivity contribution in [2.45, 2.75) is 17.5 Å². The largest absolute Gasteiger partial charge is 0.315 e. The third-order valence-corrected chi connectivity index (χ3v) is 5.31. The van der Waals surface area contributed by atoms with E-state index in [-0.39, 0.29) is 11.1 Å². The molecule has 2 saturated heterocycles. The Morgan fingerprint density at radius 2 is 2.31 bits per heavy atom. The number of nitrogens with zero attached hydrogens (tertiary/aromatic N) is 2. The Kier molecular flexibility index (Phi) is 2.27. The molecule has 1 aromatic heterocycles. The quantitative estimate of drug-likeness (QED) is 0.725. The minimum Gasteiger partial charge on any atom is -0.315 e. The summed E-state index contributed by atoms with van der Waals surface area (Å²) in [5, 5.41) is 9.67. The summed E-state index contributed by atoms with van der Waals surface area (Å²) in [5.41, 5.74) is 0. The number of hydrogen-bond acceptors (Lipinski definition) is 4. The van der Waals surface area contributed by atoms with Gasteiger partial charge >= 0.3 is 0 Å². The van der Waals surface area contributed by atoms with Crippen molar-refractivity contribution in [3.05, 3.63) is 12.3 Å². The number of hydrogen-bond donors (Lipinski definition) is 2.